The predicted molar refractivity (Wildman–Crippen MR) is 69.6 cm³/mol. The van der Waals surface area contributed by atoms with Gasteiger partial charge in [0.15, 0.2) is 0 Å². The number of halogens is 2. The zero-order chi connectivity index (χ0) is 12.4. The highest BCUT2D eigenvalue weighted by Gasteiger charge is 2.18. The number of hydrogen-bond donors (Lipinski definition) is 2. The van der Waals surface area contributed by atoms with Crippen molar-refractivity contribution in [3.05, 3.63) is 56.5 Å². The van der Waals surface area contributed by atoms with Crippen molar-refractivity contribution in [2.24, 2.45) is 5.84 Å². The van der Waals surface area contributed by atoms with Crippen LogP contribution in [-0.4, -0.2) is 0 Å². The van der Waals surface area contributed by atoms with E-state index in [2.05, 4.69) is 5.43 Å². The lowest BCUT2D eigenvalue weighted by Crippen LogP contribution is -2.28. The first-order chi connectivity index (χ1) is 8.13. The third-order valence-corrected chi connectivity index (χ3v) is 3.97. The maximum absolute atomic E-state index is 13.4. The molecule has 1 atom stereocenters. The first kappa shape index (κ1) is 12.5. The number of hydrogen-bond acceptors (Lipinski definition) is 3. The first-order valence-corrected chi connectivity index (χ1v) is 6.29. The molecule has 90 valence electrons. The van der Waals surface area contributed by atoms with Gasteiger partial charge in [0.25, 0.3) is 0 Å². The summed E-state index contributed by atoms with van der Waals surface area (Å²) in [4.78, 5) is 2.19. The van der Waals surface area contributed by atoms with E-state index >= 15 is 0 Å². The molecular weight excluding hydrogens is 259 g/mol. The SMILES string of the molecule is Cc1ccc(C(NN)c2cccc(F)c2Cl)s1. The van der Waals surface area contributed by atoms with Crippen LogP contribution in [0.3, 0.4) is 0 Å². The third kappa shape index (κ3) is 2.50. The average Bonchev–Trinajstić information content (AvgIpc) is 2.72. The van der Waals surface area contributed by atoms with E-state index in [1.165, 1.54) is 10.9 Å². The molecule has 1 aromatic carbocycles. The van der Waals surface area contributed by atoms with E-state index in [1.807, 2.05) is 19.1 Å². The van der Waals surface area contributed by atoms with Gasteiger partial charge in [-0.1, -0.05) is 23.7 Å². The van der Waals surface area contributed by atoms with Gasteiger partial charge < -0.3 is 0 Å². The van der Waals surface area contributed by atoms with Crippen molar-refractivity contribution < 1.29 is 4.39 Å². The Hall–Kier alpha value is -0.940. The Morgan fingerprint density at radius 3 is 2.71 bits per heavy atom. The minimum absolute atomic E-state index is 0.113. The predicted octanol–water partition coefficient (Wildman–Crippen LogP) is 3.40. The zero-order valence-electron chi connectivity index (χ0n) is 9.21. The van der Waals surface area contributed by atoms with Gasteiger partial charge in [0.2, 0.25) is 0 Å². The highest BCUT2D eigenvalue weighted by molar-refractivity contribution is 7.12. The molecule has 0 saturated carbocycles. The van der Waals surface area contributed by atoms with Crippen LogP contribution in [0.1, 0.15) is 21.4 Å². The van der Waals surface area contributed by atoms with E-state index < -0.39 is 5.82 Å². The summed E-state index contributed by atoms with van der Waals surface area (Å²) in [5, 5.41) is 0.113. The molecule has 2 rings (SSSR count). The van der Waals surface area contributed by atoms with Crippen LogP contribution in [0, 0.1) is 12.7 Å². The van der Waals surface area contributed by atoms with Crippen LogP contribution in [-0.2, 0) is 0 Å². The minimum atomic E-state index is -0.433. The second kappa shape index (κ2) is 5.14. The summed E-state index contributed by atoms with van der Waals surface area (Å²) >= 11 is 7.56. The Kier molecular flexibility index (Phi) is 3.79. The van der Waals surface area contributed by atoms with E-state index in [9.17, 15) is 4.39 Å². The highest BCUT2D eigenvalue weighted by atomic mass is 35.5. The fourth-order valence-electron chi connectivity index (χ4n) is 1.68. The first-order valence-electron chi connectivity index (χ1n) is 5.10. The molecule has 0 radical (unpaired) electrons. The van der Waals surface area contributed by atoms with Crippen LogP contribution in [0.25, 0.3) is 0 Å². The number of benzene rings is 1. The summed E-state index contributed by atoms with van der Waals surface area (Å²) in [6.45, 7) is 2.01. The van der Waals surface area contributed by atoms with Crippen LogP contribution in [0.15, 0.2) is 30.3 Å². The number of rotatable bonds is 3. The molecule has 2 aromatic rings. The van der Waals surface area contributed by atoms with Crippen LogP contribution >= 0.6 is 22.9 Å². The molecule has 0 aliphatic rings. The molecule has 0 saturated heterocycles. The van der Waals surface area contributed by atoms with Crippen molar-refractivity contribution in [3.63, 3.8) is 0 Å². The quantitative estimate of drug-likeness (QED) is 0.663. The summed E-state index contributed by atoms with van der Waals surface area (Å²) in [5.74, 6) is 5.11. The van der Waals surface area contributed by atoms with Gasteiger partial charge in [0, 0.05) is 9.75 Å². The molecule has 0 bridgehead atoms. The van der Waals surface area contributed by atoms with Gasteiger partial charge in [-0.2, -0.15) is 0 Å². The fraction of sp³-hybridized carbons (Fsp3) is 0.167. The molecule has 1 heterocycles. The molecule has 0 amide bonds. The summed E-state index contributed by atoms with van der Waals surface area (Å²) in [6, 6.07) is 8.41. The van der Waals surface area contributed by atoms with E-state index in [0.29, 0.717) is 5.56 Å². The zero-order valence-corrected chi connectivity index (χ0v) is 10.8. The number of thiophene rings is 1. The van der Waals surface area contributed by atoms with Crippen molar-refractivity contribution in [1.29, 1.82) is 0 Å². The average molecular weight is 271 g/mol. The molecule has 17 heavy (non-hydrogen) atoms. The molecule has 0 spiro atoms. The minimum Gasteiger partial charge on any atom is -0.271 e. The molecule has 0 aliphatic carbocycles. The topological polar surface area (TPSA) is 38.0 Å². The smallest absolute Gasteiger partial charge is 0.142 e. The number of nitrogens with one attached hydrogen (secondary N) is 1. The van der Waals surface area contributed by atoms with Gasteiger partial charge in [0.05, 0.1) is 11.1 Å². The monoisotopic (exact) mass is 270 g/mol. The second-order valence-electron chi connectivity index (χ2n) is 3.69. The number of nitrogens with two attached hydrogens (primary N) is 1. The van der Waals surface area contributed by atoms with Gasteiger partial charge in [-0.25, -0.2) is 9.82 Å². The normalized spacial score (nSPS) is 12.7. The summed E-state index contributed by atoms with van der Waals surface area (Å²) in [6.07, 6.45) is 0. The lowest BCUT2D eigenvalue weighted by atomic mass is 10.1. The van der Waals surface area contributed by atoms with Crippen molar-refractivity contribution in [1.82, 2.24) is 5.43 Å². The maximum Gasteiger partial charge on any atom is 0.142 e. The van der Waals surface area contributed by atoms with Crippen molar-refractivity contribution in [2.45, 2.75) is 13.0 Å². The fourth-order valence-corrected chi connectivity index (χ4v) is 2.87. The lowest BCUT2D eigenvalue weighted by Gasteiger charge is -2.16. The Bertz CT molecular complexity index is 527. The van der Waals surface area contributed by atoms with Crippen molar-refractivity contribution >= 4 is 22.9 Å². The third-order valence-electron chi connectivity index (χ3n) is 2.50. The van der Waals surface area contributed by atoms with Crippen LogP contribution < -0.4 is 11.3 Å². The Morgan fingerprint density at radius 1 is 1.35 bits per heavy atom. The van der Waals surface area contributed by atoms with Gasteiger partial charge in [-0.15, -0.1) is 11.3 Å². The Balaban J connectivity index is 2.45. The van der Waals surface area contributed by atoms with E-state index in [0.717, 1.165) is 4.88 Å². The summed E-state index contributed by atoms with van der Waals surface area (Å²) in [5.41, 5.74) is 3.32. The van der Waals surface area contributed by atoms with E-state index in [-0.39, 0.29) is 11.1 Å². The number of aryl methyl sites for hydroxylation is 1. The highest BCUT2D eigenvalue weighted by Crippen LogP contribution is 2.32. The standard InChI is InChI=1S/C12H12ClFN2S/c1-7-5-6-10(17-7)12(16-15)8-3-2-4-9(14)11(8)13/h2-6,12,16H,15H2,1H3. The Labute approximate surface area is 108 Å². The van der Waals surface area contributed by atoms with Crippen LogP contribution in [0.2, 0.25) is 5.02 Å². The molecule has 0 fully saturated rings. The Morgan fingerprint density at radius 2 is 2.12 bits per heavy atom. The van der Waals surface area contributed by atoms with Crippen LogP contribution in [0.4, 0.5) is 4.39 Å². The van der Waals surface area contributed by atoms with Gasteiger partial charge in [-0.05, 0) is 30.7 Å². The van der Waals surface area contributed by atoms with Gasteiger partial charge in [-0.3, -0.25) is 5.84 Å². The lowest BCUT2D eigenvalue weighted by molar-refractivity contribution is 0.609. The van der Waals surface area contributed by atoms with Crippen LogP contribution in [0.5, 0.6) is 0 Å². The number of hydrazine groups is 1. The molecule has 3 N–H and O–H groups in total. The maximum atomic E-state index is 13.4. The largest absolute Gasteiger partial charge is 0.271 e. The second-order valence-corrected chi connectivity index (χ2v) is 5.39. The molecule has 1 aromatic heterocycles. The molecule has 0 aliphatic heterocycles. The summed E-state index contributed by atoms with van der Waals surface area (Å²) in [7, 11) is 0. The molecular formula is C12H12ClFN2S. The van der Waals surface area contributed by atoms with E-state index in [1.54, 1.807) is 23.5 Å². The van der Waals surface area contributed by atoms with Crippen molar-refractivity contribution in [3.8, 4) is 0 Å². The van der Waals surface area contributed by atoms with Gasteiger partial charge >= 0.3 is 0 Å². The molecule has 5 heteroatoms. The van der Waals surface area contributed by atoms with Gasteiger partial charge in [0.1, 0.15) is 5.82 Å². The molecule has 2 nitrogen and oxygen atoms in total. The van der Waals surface area contributed by atoms with E-state index in [4.69, 9.17) is 17.4 Å². The molecule has 1 unspecified atom stereocenters. The summed E-state index contributed by atoms with van der Waals surface area (Å²) < 4.78 is 13.4. The van der Waals surface area contributed by atoms with Crippen molar-refractivity contribution in [2.75, 3.05) is 0 Å².